The van der Waals surface area contributed by atoms with Crippen LogP contribution in [0.15, 0.2) is 42.0 Å². The average molecular weight is 409 g/mol. The topological polar surface area (TPSA) is 70.4 Å². The van der Waals surface area contributed by atoms with Gasteiger partial charge in [-0.25, -0.2) is 9.97 Å². The van der Waals surface area contributed by atoms with Crippen molar-refractivity contribution in [2.24, 2.45) is 10.9 Å². The monoisotopic (exact) mass is 409 g/mol. The maximum Gasteiger partial charge on any atom is 0.419 e. The quantitative estimate of drug-likeness (QED) is 0.452. The third-order valence-electron chi connectivity index (χ3n) is 5.15. The fourth-order valence-corrected chi connectivity index (χ4v) is 3.56. The summed E-state index contributed by atoms with van der Waals surface area (Å²) in [5.74, 6) is 1.09. The number of nitrogens with zero attached hydrogens (tertiary/aromatic N) is 5. The van der Waals surface area contributed by atoms with Gasteiger partial charge in [-0.3, -0.25) is 4.99 Å². The summed E-state index contributed by atoms with van der Waals surface area (Å²) in [4.78, 5) is 14.5. The van der Waals surface area contributed by atoms with Crippen LogP contribution in [0.4, 0.5) is 19.0 Å². The number of hydrogen-bond donors (Lipinski definition) is 2. The highest BCUT2D eigenvalue weighted by Crippen LogP contribution is 2.33. The minimum Gasteiger partial charge on any atom is -0.368 e. The number of piperidine rings is 1. The second-order valence-corrected chi connectivity index (χ2v) is 7.09. The maximum atomic E-state index is 13.0. The molecule has 2 atom stereocenters. The summed E-state index contributed by atoms with van der Waals surface area (Å²) in [7, 11) is 1.71. The third-order valence-corrected chi connectivity index (χ3v) is 5.15. The van der Waals surface area contributed by atoms with Crippen LogP contribution in [0.3, 0.4) is 0 Å². The Bertz CT molecular complexity index is 804. The summed E-state index contributed by atoms with van der Waals surface area (Å²) in [6, 6.07) is 2.60. The van der Waals surface area contributed by atoms with Crippen molar-refractivity contribution in [2.45, 2.75) is 25.6 Å². The van der Waals surface area contributed by atoms with Gasteiger partial charge in [-0.05, 0) is 24.5 Å². The largest absolute Gasteiger partial charge is 0.419 e. The average Bonchev–Trinajstić information content (AvgIpc) is 3.23. The van der Waals surface area contributed by atoms with Gasteiger partial charge in [-0.15, -0.1) is 0 Å². The molecule has 0 amide bonds. The highest BCUT2D eigenvalue weighted by molar-refractivity contribution is 5.80. The van der Waals surface area contributed by atoms with Crippen molar-refractivity contribution in [2.75, 3.05) is 38.5 Å². The fourth-order valence-electron chi connectivity index (χ4n) is 3.56. The van der Waals surface area contributed by atoms with Gasteiger partial charge in [0.2, 0.25) is 0 Å². The van der Waals surface area contributed by atoms with Crippen LogP contribution in [0.1, 0.15) is 24.9 Å². The maximum absolute atomic E-state index is 13.0. The summed E-state index contributed by atoms with van der Waals surface area (Å²) in [5, 5.41) is 5.99. The van der Waals surface area contributed by atoms with E-state index in [2.05, 4.69) is 42.0 Å². The zero-order chi connectivity index (χ0) is 20.9. The molecular formula is C19H26F3N7. The number of likely N-dealkylation sites (tertiary alicyclic amines) is 1. The molecule has 0 saturated carbocycles. The number of anilines is 1. The molecule has 2 aromatic rings. The molecule has 2 aromatic heterocycles. The summed E-state index contributed by atoms with van der Waals surface area (Å²) in [6.07, 6.45) is 3.50. The lowest BCUT2D eigenvalue weighted by Crippen LogP contribution is -2.49. The van der Waals surface area contributed by atoms with E-state index in [1.165, 1.54) is 12.3 Å². The van der Waals surface area contributed by atoms with E-state index in [9.17, 15) is 13.2 Å². The lowest BCUT2D eigenvalue weighted by atomic mass is 9.93. The SMILES string of the molecule is CN=C(NCCNc1ncccc1C(F)(F)F)N1CCC(C)C(n2ccnc2)C1. The molecule has 0 spiro atoms. The molecular weight excluding hydrogens is 383 g/mol. The number of alkyl halides is 3. The first-order valence-corrected chi connectivity index (χ1v) is 9.59. The van der Waals surface area contributed by atoms with Crippen LogP contribution in [0.5, 0.6) is 0 Å². The Morgan fingerprint density at radius 1 is 1.31 bits per heavy atom. The number of aromatic nitrogens is 3. The second-order valence-electron chi connectivity index (χ2n) is 7.09. The highest BCUT2D eigenvalue weighted by Gasteiger charge is 2.34. The van der Waals surface area contributed by atoms with Gasteiger partial charge in [-0.1, -0.05) is 6.92 Å². The summed E-state index contributed by atoms with van der Waals surface area (Å²) >= 11 is 0. The number of hydrogen-bond acceptors (Lipinski definition) is 4. The van der Waals surface area contributed by atoms with Crippen LogP contribution in [0.25, 0.3) is 0 Å². The predicted molar refractivity (Wildman–Crippen MR) is 106 cm³/mol. The number of guanidine groups is 1. The van der Waals surface area contributed by atoms with Crippen molar-refractivity contribution >= 4 is 11.8 Å². The van der Waals surface area contributed by atoms with Gasteiger partial charge in [0.05, 0.1) is 17.9 Å². The molecule has 29 heavy (non-hydrogen) atoms. The van der Waals surface area contributed by atoms with Crippen LogP contribution >= 0.6 is 0 Å². The molecule has 1 aliphatic rings. The molecule has 10 heteroatoms. The Morgan fingerprint density at radius 2 is 2.14 bits per heavy atom. The van der Waals surface area contributed by atoms with E-state index in [0.717, 1.165) is 31.5 Å². The van der Waals surface area contributed by atoms with E-state index in [-0.39, 0.29) is 12.4 Å². The molecule has 2 unspecified atom stereocenters. The molecule has 1 fully saturated rings. The molecule has 7 nitrogen and oxygen atoms in total. The Labute approximate surface area is 168 Å². The van der Waals surface area contributed by atoms with Crippen LogP contribution in [0, 0.1) is 5.92 Å². The summed E-state index contributed by atoms with van der Waals surface area (Å²) in [5.41, 5.74) is -0.766. The van der Waals surface area contributed by atoms with Gasteiger partial charge in [0, 0.05) is 51.8 Å². The minimum absolute atomic E-state index is 0.163. The van der Waals surface area contributed by atoms with Crippen LogP contribution in [-0.2, 0) is 6.18 Å². The zero-order valence-electron chi connectivity index (χ0n) is 16.5. The molecule has 0 aliphatic carbocycles. The molecule has 3 rings (SSSR count). The van der Waals surface area contributed by atoms with Crippen LogP contribution < -0.4 is 10.6 Å². The van der Waals surface area contributed by atoms with Crippen molar-refractivity contribution in [1.29, 1.82) is 0 Å². The highest BCUT2D eigenvalue weighted by atomic mass is 19.4. The predicted octanol–water partition coefficient (Wildman–Crippen LogP) is 2.87. The smallest absolute Gasteiger partial charge is 0.368 e. The summed E-state index contributed by atoms with van der Waals surface area (Å²) in [6.45, 7) is 4.60. The minimum atomic E-state index is -4.44. The van der Waals surface area contributed by atoms with Gasteiger partial charge in [0.1, 0.15) is 5.82 Å². The molecule has 0 aromatic carbocycles. The van der Waals surface area contributed by atoms with E-state index in [4.69, 9.17) is 0 Å². The number of pyridine rings is 1. The Morgan fingerprint density at radius 3 is 2.83 bits per heavy atom. The number of imidazole rings is 1. The first-order chi connectivity index (χ1) is 13.9. The molecule has 1 saturated heterocycles. The molecule has 0 bridgehead atoms. The first-order valence-electron chi connectivity index (χ1n) is 9.59. The Balaban J connectivity index is 1.54. The number of nitrogens with one attached hydrogen (secondary N) is 2. The Kier molecular flexibility index (Phi) is 6.60. The van der Waals surface area contributed by atoms with Gasteiger partial charge in [0.15, 0.2) is 5.96 Å². The van der Waals surface area contributed by atoms with Gasteiger partial charge in [0.25, 0.3) is 0 Å². The first kappa shape index (κ1) is 20.9. The number of halogens is 3. The third kappa shape index (κ3) is 5.18. The normalized spacial score (nSPS) is 20.6. The van der Waals surface area contributed by atoms with E-state index >= 15 is 0 Å². The molecule has 3 heterocycles. The molecule has 158 valence electrons. The van der Waals surface area contributed by atoms with E-state index in [1.54, 1.807) is 13.2 Å². The number of aliphatic imine (C=N–C) groups is 1. The summed E-state index contributed by atoms with van der Waals surface area (Å²) < 4.78 is 41.2. The zero-order valence-corrected chi connectivity index (χ0v) is 16.5. The van der Waals surface area contributed by atoms with Crippen molar-refractivity contribution in [1.82, 2.24) is 24.8 Å². The molecule has 0 radical (unpaired) electrons. The van der Waals surface area contributed by atoms with Crippen LogP contribution in [0.2, 0.25) is 0 Å². The van der Waals surface area contributed by atoms with Gasteiger partial charge < -0.3 is 20.1 Å². The van der Waals surface area contributed by atoms with Crippen molar-refractivity contribution in [3.8, 4) is 0 Å². The van der Waals surface area contributed by atoms with E-state index in [1.807, 2.05) is 12.5 Å². The lowest BCUT2D eigenvalue weighted by molar-refractivity contribution is -0.137. The van der Waals surface area contributed by atoms with Crippen molar-refractivity contribution < 1.29 is 13.2 Å². The van der Waals surface area contributed by atoms with E-state index in [0.29, 0.717) is 18.5 Å². The standard InChI is InChI=1S/C19H26F3N7/c1-14-5-10-28(12-16(14)29-11-9-24-13-29)18(23-2)27-8-7-26-17-15(19(20,21)22)4-3-6-25-17/h3-4,6,9,11,13-14,16H,5,7-8,10,12H2,1-2H3,(H,23,27)(H,25,26). The fraction of sp³-hybridized carbons (Fsp3) is 0.526. The molecule has 2 N–H and O–H groups in total. The molecule has 1 aliphatic heterocycles. The van der Waals surface area contributed by atoms with Crippen LogP contribution in [-0.4, -0.2) is 58.6 Å². The van der Waals surface area contributed by atoms with Crippen molar-refractivity contribution in [3.63, 3.8) is 0 Å². The lowest BCUT2D eigenvalue weighted by Gasteiger charge is -2.39. The van der Waals surface area contributed by atoms with Gasteiger partial charge >= 0.3 is 6.18 Å². The van der Waals surface area contributed by atoms with Gasteiger partial charge in [-0.2, -0.15) is 13.2 Å². The van der Waals surface area contributed by atoms with E-state index < -0.39 is 11.7 Å². The second kappa shape index (κ2) is 9.15. The van der Waals surface area contributed by atoms with Crippen molar-refractivity contribution in [3.05, 3.63) is 42.6 Å². The number of rotatable bonds is 5. The Hall–Kier alpha value is -2.78.